The van der Waals surface area contributed by atoms with Crippen LogP contribution in [-0.2, 0) is 4.79 Å². The fourth-order valence-corrected chi connectivity index (χ4v) is 1.15. The van der Waals surface area contributed by atoms with Crippen LogP contribution in [0.15, 0.2) is 24.3 Å². The number of rotatable bonds is 6. The molecule has 1 amide bonds. The Bertz CT molecular complexity index is 309. The third-order valence-corrected chi connectivity index (χ3v) is 2.10. The van der Waals surface area contributed by atoms with Crippen molar-refractivity contribution >= 4 is 5.91 Å². The second-order valence-corrected chi connectivity index (χ2v) is 3.88. The van der Waals surface area contributed by atoms with E-state index in [1.807, 2.05) is 38.1 Å². The first-order valence-corrected chi connectivity index (χ1v) is 5.57. The molecule has 0 spiro atoms. The Balaban J connectivity index is 2.07. The molecule has 3 nitrogen and oxygen atoms in total. The van der Waals surface area contributed by atoms with Crippen LogP contribution in [0.3, 0.4) is 0 Å². The number of ether oxygens (including phenoxy) is 1. The highest BCUT2D eigenvalue weighted by atomic mass is 16.5. The van der Waals surface area contributed by atoms with Gasteiger partial charge < -0.3 is 10.1 Å². The van der Waals surface area contributed by atoms with E-state index in [1.165, 1.54) is 0 Å². The number of nitrogens with one attached hydrogen (secondary N) is 1. The molecule has 0 aliphatic heterocycles. The summed E-state index contributed by atoms with van der Waals surface area (Å²) in [5.74, 6) is 0.980. The molecule has 87 valence electrons. The van der Waals surface area contributed by atoms with Crippen molar-refractivity contribution in [1.82, 2.24) is 5.32 Å². The van der Waals surface area contributed by atoms with E-state index in [0.717, 1.165) is 12.2 Å². The number of carbonyl (C=O) groups excluding carboxylic acids is 1. The van der Waals surface area contributed by atoms with Gasteiger partial charge in [0.1, 0.15) is 5.75 Å². The van der Waals surface area contributed by atoms with E-state index in [2.05, 4.69) is 11.4 Å². The minimum atomic E-state index is 0.0468. The van der Waals surface area contributed by atoms with E-state index in [4.69, 9.17) is 4.74 Å². The van der Waals surface area contributed by atoms with Gasteiger partial charge in [-0.15, -0.1) is 0 Å². The number of amides is 1. The molecule has 0 saturated heterocycles. The summed E-state index contributed by atoms with van der Waals surface area (Å²) in [6, 6.07) is 10.3. The molecule has 16 heavy (non-hydrogen) atoms. The maximum absolute atomic E-state index is 11.2. The lowest BCUT2D eigenvalue weighted by Gasteiger charge is -2.08. The van der Waals surface area contributed by atoms with E-state index in [9.17, 15) is 4.79 Å². The highest BCUT2D eigenvalue weighted by Gasteiger charge is 2.04. The van der Waals surface area contributed by atoms with Gasteiger partial charge in [-0.25, -0.2) is 0 Å². The maximum Gasteiger partial charge on any atom is 0.222 e. The molecular weight excluding hydrogens is 202 g/mol. The molecule has 0 saturated carbocycles. The van der Waals surface area contributed by atoms with Gasteiger partial charge in [-0.05, 0) is 24.6 Å². The number of hydrogen-bond donors (Lipinski definition) is 1. The van der Waals surface area contributed by atoms with Crippen molar-refractivity contribution in [3.63, 3.8) is 0 Å². The summed E-state index contributed by atoms with van der Waals surface area (Å²) >= 11 is 0. The Kier molecular flexibility index (Phi) is 5.40. The van der Waals surface area contributed by atoms with Crippen LogP contribution in [0.4, 0.5) is 0 Å². The molecule has 1 N–H and O–H groups in total. The molecule has 1 radical (unpaired) electrons. The maximum atomic E-state index is 11.2. The van der Waals surface area contributed by atoms with Crippen molar-refractivity contribution in [3.05, 3.63) is 30.3 Å². The van der Waals surface area contributed by atoms with Crippen LogP contribution >= 0.6 is 0 Å². The summed E-state index contributed by atoms with van der Waals surface area (Å²) in [6.07, 6.45) is 0.817. The van der Waals surface area contributed by atoms with E-state index in [1.54, 1.807) is 0 Å². The van der Waals surface area contributed by atoms with Gasteiger partial charge in [0.05, 0.1) is 6.61 Å². The Morgan fingerprint density at radius 2 is 2.12 bits per heavy atom. The van der Waals surface area contributed by atoms with Gasteiger partial charge in [0.25, 0.3) is 0 Å². The van der Waals surface area contributed by atoms with E-state index in [0.29, 0.717) is 13.2 Å². The van der Waals surface area contributed by atoms with Crippen molar-refractivity contribution < 1.29 is 9.53 Å². The van der Waals surface area contributed by atoms with Crippen LogP contribution in [0.5, 0.6) is 5.75 Å². The first-order valence-electron chi connectivity index (χ1n) is 5.57. The Labute approximate surface area is 96.8 Å². The zero-order valence-corrected chi connectivity index (χ0v) is 9.82. The third-order valence-electron chi connectivity index (χ3n) is 2.10. The molecule has 0 heterocycles. The fourth-order valence-electron chi connectivity index (χ4n) is 1.15. The van der Waals surface area contributed by atoms with E-state index in [-0.39, 0.29) is 11.8 Å². The van der Waals surface area contributed by atoms with Gasteiger partial charge in [-0.1, -0.05) is 26.0 Å². The fraction of sp³-hybridized carbons (Fsp3) is 0.462. The van der Waals surface area contributed by atoms with Gasteiger partial charge in [0.15, 0.2) is 0 Å². The zero-order chi connectivity index (χ0) is 11.8. The molecule has 0 aliphatic rings. The average molecular weight is 220 g/mol. The van der Waals surface area contributed by atoms with Crippen LogP contribution in [0.25, 0.3) is 0 Å². The third kappa shape index (κ3) is 4.82. The second kappa shape index (κ2) is 6.88. The van der Waals surface area contributed by atoms with Crippen molar-refractivity contribution in [1.29, 1.82) is 0 Å². The second-order valence-electron chi connectivity index (χ2n) is 3.88. The van der Waals surface area contributed by atoms with Crippen LogP contribution in [0, 0.1) is 12.0 Å². The summed E-state index contributed by atoms with van der Waals surface area (Å²) in [7, 11) is 0. The van der Waals surface area contributed by atoms with Gasteiger partial charge in [0.2, 0.25) is 5.91 Å². The SMILES string of the molecule is CC(C)C(=O)NCCCOc1cc[c]cc1. The minimum Gasteiger partial charge on any atom is -0.494 e. The molecule has 0 aliphatic carbocycles. The molecule has 0 unspecified atom stereocenters. The zero-order valence-electron chi connectivity index (χ0n) is 9.82. The smallest absolute Gasteiger partial charge is 0.222 e. The van der Waals surface area contributed by atoms with Crippen LogP contribution in [0.2, 0.25) is 0 Å². The van der Waals surface area contributed by atoms with Gasteiger partial charge in [-0.2, -0.15) is 0 Å². The van der Waals surface area contributed by atoms with Crippen molar-refractivity contribution in [3.8, 4) is 5.75 Å². The molecule has 0 atom stereocenters. The number of benzene rings is 1. The first kappa shape index (κ1) is 12.6. The van der Waals surface area contributed by atoms with E-state index < -0.39 is 0 Å². The monoisotopic (exact) mass is 220 g/mol. The van der Waals surface area contributed by atoms with Gasteiger partial charge in [-0.3, -0.25) is 4.79 Å². The summed E-state index contributed by atoms with van der Waals surface area (Å²) < 4.78 is 5.48. The quantitative estimate of drug-likeness (QED) is 0.745. The van der Waals surface area contributed by atoms with Crippen molar-refractivity contribution in [2.45, 2.75) is 20.3 Å². The predicted molar refractivity (Wildman–Crippen MR) is 63.2 cm³/mol. The average Bonchev–Trinajstić information content (AvgIpc) is 2.29. The lowest BCUT2D eigenvalue weighted by atomic mass is 10.2. The molecule has 1 rings (SSSR count). The number of hydrogen-bond acceptors (Lipinski definition) is 2. The Hall–Kier alpha value is -1.51. The van der Waals surface area contributed by atoms with Gasteiger partial charge >= 0.3 is 0 Å². The lowest BCUT2D eigenvalue weighted by molar-refractivity contribution is -0.123. The highest BCUT2D eigenvalue weighted by molar-refractivity contribution is 5.77. The summed E-state index contributed by atoms with van der Waals surface area (Å²) in [5.41, 5.74) is 0. The normalized spacial score (nSPS) is 10.2. The lowest BCUT2D eigenvalue weighted by Crippen LogP contribution is -2.29. The minimum absolute atomic E-state index is 0.0468. The molecule has 0 bridgehead atoms. The summed E-state index contributed by atoms with van der Waals surface area (Å²) in [6.45, 7) is 5.04. The topological polar surface area (TPSA) is 38.3 Å². The molecule has 1 aromatic carbocycles. The largest absolute Gasteiger partial charge is 0.494 e. The molecule has 0 fully saturated rings. The first-order chi connectivity index (χ1) is 7.70. The summed E-state index contributed by atoms with van der Waals surface area (Å²) in [5, 5.41) is 2.84. The molecule has 3 heteroatoms. The highest BCUT2D eigenvalue weighted by Crippen LogP contribution is 2.07. The molecule has 1 aromatic rings. The summed E-state index contributed by atoms with van der Waals surface area (Å²) in [4.78, 5) is 11.2. The Morgan fingerprint density at radius 3 is 2.75 bits per heavy atom. The molecule has 0 aromatic heterocycles. The van der Waals surface area contributed by atoms with E-state index >= 15 is 0 Å². The van der Waals surface area contributed by atoms with Gasteiger partial charge in [0, 0.05) is 12.5 Å². The van der Waals surface area contributed by atoms with Crippen molar-refractivity contribution in [2.75, 3.05) is 13.2 Å². The standard InChI is InChI=1S/C13H18NO2/c1-11(2)13(15)14-9-6-10-16-12-7-4-3-5-8-12/h4-5,7-8,11H,6,9-10H2,1-2H3,(H,14,15). The van der Waals surface area contributed by atoms with Crippen LogP contribution in [0.1, 0.15) is 20.3 Å². The van der Waals surface area contributed by atoms with Crippen molar-refractivity contribution in [2.24, 2.45) is 5.92 Å². The Morgan fingerprint density at radius 1 is 1.44 bits per heavy atom. The van der Waals surface area contributed by atoms with Crippen LogP contribution < -0.4 is 10.1 Å². The predicted octanol–water partition coefficient (Wildman–Crippen LogP) is 2.03. The number of carbonyl (C=O) groups is 1. The van der Waals surface area contributed by atoms with Crippen LogP contribution in [-0.4, -0.2) is 19.1 Å². The molecular formula is C13H18NO2.